The molecule has 11 heteroatoms. The molecule has 0 N–H and O–H groups in total. The minimum Gasteiger partial charge on any atom is -1.00 e. The van der Waals surface area contributed by atoms with Crippen molar-refractivity contribution >= 4 is 22.1 Å². The Bertz CT molecular complexity index is 1320. The topological polar surface area (TPSA) is 67.0 Å². The van der Waals surface area contributed by atoms with E-state index in [1.807, 2.05) is 77.8 Å². The van der Waals surface area contributed by atoms with Gasteiger partial charge in [-0.25, -0.2) is 15.0 Å². The van der Waals surface area contributed by atoms with E-state index >= 15 is 0 Å². The number of methoxy groups -OCH3 is 2. The van der Waals surface area contributed by atoms with E-state index in [0.29, 0.717) is 0 Å². The number of hydrogen-bond donors (Lipinski definition) is 0. The van der Waals surface area contributed by atoms with Crippen LogP contribution in [-0.4, -0.2) is 38.3 Å². The van der Waals surface area contributed by atoms with Crippen molar-refractivity contribution in [2.45, 2.75) is 0 Å². The molecule has 1 radical (unpaired) electrons. The molecule has 0 unspecified atom stereocenters. The molecule has 0 aliphatic heterocycles. The molecular formula is C23H21Cl3FeN5O2. The van der Waals surface area contributed by atoms with E-state index in [1.54, 1.807) is 14.2 Å². The van der Waals surface area contributed by atoms with Gasteiger partial charge < -0.3 is 55.8 Å². The average Bonchev–Trinajstić information content (AvgIpc) is 3.30. The maximum Gasteiger partial charge on any atom is 3.00 e. The number of hydrogen-bond acceptors (Lipinski definition) is 5. The molecule has 0 spiro atoms. The monoisotopic (exact) mass is 560 g/mol. The Morgan fingerprint density at radius 3 is 1.41 bits per heavy atom. The first-order valence-corrected chi connectivity index (χ1v) is 9.58. The summed E-state index contributed by atoms with van der Waals surface area (Å²) in [7, 11) is 7.30. The van der Waals surface area contributed by atoms with E-state index in [-0.39, 0.29) is 54.3 Å². The number of benzene rings is 2. The third-order valence-electron chi connectivity index (χ3n) is 5.38. The fourth-order valence-electron chi connectivity index (χ4n) is 3.76. The van der Waals surface area contributed by atoms with Crippen LogP contribution >= 0.6 is 0 Å². The standard InChI is InChI=1S/C23H21N5O2.3ClH.Fe/c1-27-20-10-8-14(29-3)12-18(20)25-22(27)16-6-5-7-17(24-16)23-26-19-13-15(30-4)9-11-21(19)28(23)2;;;;/h5-13H,1-4H3;3*1H;/q;;;;+3/p-3. The third-order valence-corrected chi connectivity index (χ3v) is 5.38. The Kier molecular flexibility index (Phi) is 10.2. The van der Waals surface area contributed by atoms with Crippen molar-refractivity contribution in [2.75, 3.05) is 14.2 Å². The second-order valence-corrected chi connectivity index (χ2v) is 7.11. The van der Waals surface area contributed by atoms with Crippen LogP contribution in [0.5, 0.6) is 11.5 Å². The third kappa shape index (κ3) is 4.97. The van der Waals surface area contributed by atoms with Crippen molar-refractivity contribution in [3.8, 4) is 34.5 Å². The predicted molar refractivity (Wildman–Crippen MR) is 117 cm³/mol. The Morgan fingerprint density at radius 2 is 1.03 bits per heavy atom. The van der Waals surface area contributed by atoms with Crippen LogP contribution in [-0.2, 0) is 31.2 Å². The minimum absolute atomic E-state index is 0. The van der Waals surface area contributed by atoms with Crippen LogP contribution in [0.1, 0.15) is 0 Å². The van der Waals surface area contributed by atoms with Crippen LogP contribution in [0.15, 0.2) is 54.6 Å². The van der Waals surface area contributed by atoms with Crippen molar-refractivity contribution in [1.82, 2.24) is 24.1 Å². The fourth-order valence-corrected chi connectivity index (χ4v) is 3.76. The second-order valence-electron chi connectivity index (χ2n) is 7.11. The van der Waals surface area contributed by atoms with E-state index in [1.165, 1.54) is 0 Å². The summed E-state index contributed by atoms with van der Waals surface area (Å²) in [6.07, 6.45) is 0. The summed E-state index contributed by atoms with van der Waals surface area (Å²) in [5, 5.41) is 0. The number of ether oxygens (including phenoxy) is 2. The molecule has 0 bridgehead atoms. The molecule has 0 atom stereocenters. The van der Waals surface area contributed by atoms with E-state index < -0.39 is 0 Å². The van der Waals surface area contributed by atoms with Crippen LogP contribution in [0.4, 0.5) is 0 Å². The normalized spacial score (nSPS) is 10.0. The number of fused-ring (bicyclic) bond motifs is 2. The van der Waals surface area contributed by atoms with Gasteiger partial charge in [0.25, 0.3) is 0 Å². The van der Waals surface area contributed by atoms with E-state index in [4.69, 9.17) is 24.4 Å². The zero-order valence-corrected chi connectivity index (χ0v) is 22.1. The Morgan fingerprint density at radius 1 is 0.618 bits per heavy atom. The van der Waals surface area contributed by atoms with Gasteiger partial charge in [-0.3, -0.25) is 0 Å². The molecule has 0 saturated carbocycles. The van der Waals surface area contributed by atoms with Crippen molar-refractivity contribution in [2.24, 2.45) is 14.1 Å². The quantitative estimate of drug-likeness (QED) is 0.206. The molecule has 2 aromatic carbocycles. The first kappa shape index (κ1) is 29.6. The van der Waals surface area contributed by atoms with Crippen LogP contribution < -0.4 is 46.7 Å². The van der Waals surface area contributed by atoms with Gasteiger partial charge in [-0.2, -0.15) is 0 Å². The van der Waals surface area contributed by atoms with Gasteiger partial charge in [0.05, 0.1) is 36.3 Å². The molecule has 179 valence electrons. The van der Waals surface area contributed by atoms with E-state index in [9.17, 15) is 0 Å². The summed E-state index contributed by atoms with van der Waals surface area (Å²) in [6.45, 7) is 0. The molecule has 0 amide bonds. The smallest absolute Gasteiger partial charge is 1.00 e. The molecule has 3 heterocycles. The van der Waals surface area contributed by atoms with Crippen molar-refractivity contribution in [1.29, 1.82) is 0 Å². The largest absolute Gasteiger partial charge is 3.00 e. The molecule has 34 heavy (non-hydrogen) atoms. The van der Waals surface area contributed by atoms with Gasteiger partial charge in [0.15, 0.2) is 11.6 Å². The van der Waals surface area contributed by atoms with Gasteiger partial charge in [0.2, 0.25) is 0 Å². The fraction of sp³-hybridized carbons (Fsp3) is 0.174. The van der Waals surface area contributed by atoms with E-state index in [0.717, 1.165) is 56.6 Å². The van der Waals surface area contributed by atoms with Crippen LogP contribution in [0.2, 0.25) is 0 Å². The molecule has 0 saturated heterocycles. The average molecular weight is 562 g/mol. The Balaban J connectivity index is 0.00000144. The number of aromatic nitrogens is 5. The first-order valence-electron chi connectivity index (χ1n) is 9.58. The number of aryl methyl sites for hydroxylation is 2. The second kappa shape index (κ2) is 11.8. The van der Waals surface area contributed by atoms with Gasteiger partial charge in [-0.05, 0) is 36.4 Å². The molecule has 7 nitrogen and oxygen atoms in total. The molecule has 5 aromatic rings. The zero-order chi connectivity index (χ0) is 20.8. The van der Waals surface area contributed by atoms with Crippen LogP contribution in [0, 0.1) is 0 Å². The SMILES string of the molecule is COc1ccc2c(c1)nc(-c1cccc(-c3nc4cc(OC)ccc4n3C)n1)n2C.[Cl-].[Cl-].[Cl-].[Fe+3]. The minimum atomic E-state index is 0. The summed E-state index contributed by atoms with van der Waals surface area (Å²) >= 11 is 0. The summed E-state index contributed by atoms with van der Waals surface area (Å²) in [6, 6.07) is 17.7. The van der Waals surface area contributed by atoms with Gasteiger partial charge in [-0.15, -0.1) is 0 Å². The van der Waals surface area contributed by atoms with Gasteiger partial charge in [0, 0.05) is 26.2 Å². The molecule has 0 aliphatic carbocycles. The number of pyridine rings is 1. The summed E-state index contributed by atoms with van der Waals surface area (Å²) in [4.78, 5) is 14.5. The molecule has 0 fully saturated rings. The molecular weight excluding hydrogens is 540 g/mol. The summed E-state index contributed by atoms with van der Waals surface area (Å²) in [5.74, 6) is 3.15. The Labute approximate surface area is 226 Å². The summed E-state index contributed by atoms with van der Waals surface area (Å²) in [5.41, 5.74) is 5.35. The number of halogens is 3. The van der Waals surface area contributed by atoms with Crippen molar-refractivity contribution in [3.63, 3.8) is 0 Å². The number of rotatable bonds is 4. The predicted octanol–water partition coefficient (Wildman–Crippen LogP) is -4.78. The zero-order valence-electron chi connectivity index (χ0n) is 18.7. The Hall–Kier alpha value is -2.48. The van der Waals surface area contributed by atoms with Crippen LogP contribution in [0.3, 0.4) is 0 Å². The van der Waals surface area contributed by atoms with Crippen molar-refractivity contribution in [3.05, 3.63) is 54.6 Å². The van der Waals surface area contributed by atoms with Gasteiger partial charge in [-0.1, -0.05) is 6.07 Å². The molecule has 0 aliphatic rings. The van der Waals surface area contributed by atoms with Crippen molar-refractivity contribution < 1.29 is 63.8 Å². The van der Waals surface area contributed by atoms with Gasteiger partial charge >= 0.3 is 17.1 Å². The molecule has 5 rings (SSSR count). The first-order chi connectivity index (χ1) is 14.6. The summed E-state index contributed by atoms with van der Waals surface area (Å²) < 4.78 is 14.7. The maximum absolute atomic E-state index is 5.33. The number of nitrogens with zero attached hydrogens (tertiary/aromatic N) is 5. The number of imidazole rings is 2. The van der Waals surface area contributed by atoms with Gasteiger partial charge in [0.1, 0.15) is 22.9 Å². The van der Waals surface area contributed by atoms with E-state index in [2.05, 4.69) is 0 Å². The maximum atomic E-state index is 5.33. The molecule has 3 aromatic heterocycles. The van der Waals surface area contributed by atoms with Crippen LogP contribution in [0.25, 0.3) is 45.1 Å².